The van der Waals surface area contributed by atoms with Crippen molar-refractivity contribution in [1.29, 1.82) is 0 Å². The Morgan fingerprint density at radius 2 is 1.80 bits per heavy atom. The van der Waals surface area contributed by atoms with Gasteiger partial charge in [-0.25, -0.2) is 4.79 Å². The molecule has 0 aromatic heterocycles. The molecule has 5 heteroatoms. The van der Waals surface area contributed by atoms with Crippen molar-refractivity contribution in [1.82, 2.24) is 10.6 Å². The number of nitrogens with one attached hydrogen (secondary N) is 2. The maximum absolute atomic E-state index is 11.9. The zero-order valence-electron chi connectivity index (χ0n) is 14.7. The molecule has 0 saturated carbocycles. The van der Waals surface area contributed by atoms with E-state index >= 15 is 0 Å². The Hall–Kier alpha value is -2.53. The van der Waals surface area contributed by atoms with E-state index in [4.69, 9.17) is 4.74 Å². The highest BCUT2D eigenvalue weighted by Crippen LogP contribution is 2.17. The van der Waals surface area contributed by atoms with Crippen LogP contribution in [0, 0.1) is 0 Å². The van der Waals surface area contributed by atoms with E-state index in [0.29, 0.717) is 13.0 Å². The number of carbonyl (C=O) groups excluding carboxylic acids is 1. The first-order chi connectivity index (χ1) is 12.1. The number of aliphatic hydroxyl groups is 1. The number of aliphatic hydroxyl groups excluding tert-OH is 1. The molecule has 2 amide bonds. The third kappa shape index (κ3) is 6.47. The van der Waals surface area contributed by atoms with Gasteiger partial charge in [-0.05, 0) is 43.0 Å². The second-order valence-electron chi connectivity index (χ2n) is 6.06. The maximum Gasteiger partial charge on any atom is 0.315 e. The molecule has 0 spiro atoms. The summed E-state index contributed by atoms with van der Waals surface area (Å²) in [5.41, 5.74) is 1.99. The Bertz CT molecular complexity index is 644. The third-order valence-electron chi connectivity index (χ3n) is 4.00. The van der Waals surface area contributed by atoms with Crippen LogP contribution in [0.2, 0.25) is 0 Å². The molecule has 2 atom stereocenters. The van der Waals surface area contributed by atoms with Crippen LogP contribution in [0.25, 0.3) is 0 Å². The lowest BCUT2D eigenvalue weighted by atomic mass is 10.0. The predicted octanol–water partition coefficient (Wildman–Crippen LogP) is 3.05. The molecule has 2 aromatic carbocycles. The Kier molecular flexibility index (Phi) is 7.29. The summed E-state index contributed by atoms with van der Waals surface area (Å²) in [5.74, 6) is 0.820. The van der Waals surface area contributed by atoms with Gasteiger partial charge in [-0.15, -0.1) is 0 Å². The number of ether oxygens (including phenoxy) is 1. The van der Waals surface area contributed by atoms with E-state index in [9.17, 15) is 9.90 Å². The lowest BCUT2D eigenvalue weighted by molar-refractivity contribution is 0.154. The van der Waals surface area contributed by atoms with Gasteiger partial charge in [0.2, 0.25) is 0 Å². The normalized spacial score (nSPS) is 12.9. The van der Waals surface area contributed by atoms with Gasteiger partial charge in [0.1, 0.15) is 5.75 Å². The Morgan fingerprint density at radius 3 is 2.44 bits per heavy atom. The first-order valence-electron chi connectivity index (χ1n) is 8.49. The molecule has 2 rings (SSSR count). The lowest BCUT2D eigenvalue weighted by Crippen LogP contribution is -2.42. The number of amides is 2. The Balaban J connectivity index is 1.68. The van der Waals surface area contributed by atoms with Gasteiger partial charge in [-0.1, -0.05) is 42.5 Å². The minimum Gasteiger partial charge on any atom is -0.497 e. The minimum atomic E-state index is -0.587. The molecule has 0 radical (unpaired) electrons. The van der Waals surface area contributed by atoms with Gasteiger partial charge in [0.15, 0.2) is 0 Å². The van der Waals surface area contributed by atoms with Crippen LogP contribution in [0.5, 0.6) is 5.75 Å². The number of rotatable bonds is 8. The van der Waals surface area contributed by atoms with Crippen LogP contribution in [0.15, 0.2) is 54.6 Å². The number of urea groups is 1. The molecule has 0 aliphatic rings. The number of carbonyl (C=O) groups is 1. The third-order valence-corrected chi connectivity index (χ3v) is 4.00. The van der Waals surface area contributed by atoms with E-state index in [1.54, 1.807) is 7.11 Å². The fourth-order valence-electron chi connectivity index (χ4n) is 2.59. The highest BCUT2D eigenvalue weighted by Gasteiger charge is 2.13. The van der Waals surface area contributed by atoms with Crippen molar-refractivity contribution in [3.05, 3.63) is 65.7 Å². The highest BCUT2D eigenvalue weighted by atomic mass is 16.5. The summed E-state index contributed by atoms with van der Waals surface area (Å²) in [6.07, 6.45) is 0.629. The van der Waals surface area contributed by atoms with Gasteiger partial charge in [0.25, 0.3) is 0 Å². The Labute approximate surface area is 149 Å². The van der Waals surface area contributed by atoms with Crippen LogP contribution >= 0.6 is 0 Å². The van der Waals surface area contributed by atoms with Crippen LogP contribution in [-0.2, 0) is 6.42 Å². The van der Waals surface area contributed by atoms with E-state index in [1.807, 2.05) is 61.5 Å². The van der Waals surface area contributed by atoms with Crippen LogP contribution in [0.1, 0.15) is 30.6 Å². The van der Waals surface area contributed by atoms with Crippen molar-refractivity contribution in [3.63, 3.8) is 0 Å². The van der Waals surface area contributed by atoms with Crippen LogP contribution in [0.4, 0.5) is 4.79 Å². The Morgan fingerprint density at radius 1 is 1.12 bits per heavy atom. The standard InChI is InChI=1S/C20H26N2O3/c1-15(14-19(23)17-6-4-3-5-7-17)22-20(24)21-13-12-16-8-10-18(25-2)11-9-16/h3-11,15,19,23H,12-14H2,1-2H3,(H2,21,22,24). The van der Waals surface area contributed by atoms with Crippen LogP contribution in [0.3, 0.4) is 0 Å². The summed E-state index contributed by atoms with van der Waals surface area (Å²) in [6, 6.07) is 16.9. The molecular formula is C20H26N2O3. The number of hydrogen-bond acceptors (Lipinski definition) is 3. The molecule has 25 heavy (non-hydrogen) atoms. The average Bonchev–Trinajstić information content (AvgIpc) is 2.63. The summed E-state index contributed by atoms with van der Waals surface area (Å²) in [5, 5.41) is 15.9. The summed E-state index contributed by atoms with van der Waals surface area (Å²) >= 11 is 0. The van der Waals surface area contributed by atoms with Crippen LogP contribution in [-0.4, -0.2) is 30.8 Å². The minimum absolute atomic E-state index is 0.129. The summed E-state index contributed by atoms with van der Waals surface area (Å²) in [7, 11) is 1.64. The molecule has 0 fully saturated rings. The first kappa shape index (κ1) is 18.8. The van der Waals surface area contributed by atoms with Crippen LogP contribution < -0.4 is 15.4 Å². The molecule has 5 nitrogen and oxygen atoms in total. The van der Waals surface area contributed by atoms with E-state index in [0.717, 1.165) is 23.3 Å². The molecule has 2 aromatic rings. The number of benzene rings is 2. The molecule has 0 aliphatic carbocycles. The predicted molar refractivity (Wildman–Crippen MR) is 98.7 cm³/mol. The zero-order chi connectivity index (χ0) is 18.1. The van der Waals surface area contributed by atoms with E-state index in [-0.39, 0.29) is 12.1 Å². The largest absolute Gasteiger partial charge is 0.497 e. The molecular weight excluding hydrogens is 316 g/mol. The first-order valence-corrected chi connectivity index (χ1v) is 8.49. The van der Waals surface area contributed by atoms with E-state index in [1.165, 1.54) is 0 Å². The molecule has 134 valence electrons. The zero-order valence-corrected chi connectivity index (χ0v) is 14.7. The second kappa shape index (κ2) is 9.69. The summed E-state index contributed by atoms with van der Waals surface area (Å²) in [6.45, 7) is 2.43. The lowest BCUT2D eigenvalue weighted by Gasteiger charge is -2.18. The fraction of sp³-hybridized carbons (Fsp3) is 0.350. The smallest absolute Gasteiger partial charge is 0.315 e. The van der Waals surface area contributed by atoms with Crippen molar-refractivity contribution >= 4 is 6.03 Å². The van der Waals surface area contributed by atoms with Gasteiger partial charge in [-0.2, -0.15) is 0 Å². The second-order valence-corrected chi connectivity index (χ2v) is 6.06. The van der Waals surface area contributed by atoms with Crippen molar-refractivity contribution in [3.8, 4) is 5.75 Å². The van der Waals surface area contributed by atoms with Crippen molar-refractivity contribution in [2.45, 2.75) is 31.9 Å². The van der Waals surface area contributed by atoms with Gasteiger partial charge < -0.3 is 20.5 Å². The summed E-state index contributed by atoms with van der Waals surface area (Å²) in [4.78, 5) is 11.9. The fourth-order valence-corrected chi connectivity index (χ4v) is 2.59. The summed E-state index contributed by atoms with van der Waals surface area (Å²) < 4.78 is 5.12. The number of hydrogen-bond donors (Lipinski definition) is 3. The van der Waals surface area contributed by atoms with Gasteiger partial charge in [0, 0.05) is 12.6 Å². The maximum atomic E-state index is 11.9. The van der Waals surface area contributed by atoms with Crippen molar-refractivity contribution in [2.24, 2.45) is 0 Å². The molecule has 0 aliphatic heterocycles. The quantitative estimate of drug-likeness (QED) is 0.690. The van der Waals surface area contributed by atoms with Gasteiger partial charge >= 0.3 is 6.03 Å². The van der Waals surface area contributed by atoms with Gasteiger partial charge in [-0.3, -0.25) is 0 Å². The molecule has 0 bridgehead atoms. The van der Waals surface area contributed by atoms with Crippen molar-refractivity contribution in [2.75, 3.05) is 13.7 Å². The SMILES string of the molecule is COc1ccc(CCNC(=O)NC(C)CC(O)c2ccccc2)cc1. The topological polar surface area (TPSA) is 70.6 Å². The molecule has 3 N–H and O–H groups in total. The number of methoxy groups -OCH3 is 1. The van der Waals surface area contributed by atoms with Gasteiger partial charge in [0.05, 0.1) is 13.2 Å². The average molecular weight is 342 g/mol. The molecule has 2 unspecified atom stereocenters. The monoisotopic (exact) mass is 342 g/mol. The molecule has 0 saturated heterocycles. The van der Waals surface area contributed by atoms with Crippen molar-refractivity contribution < 1.29 is 14.6 Å². The van der Waals surface area contributed by atoms with E-state index in [2.05, 4.69) is 10.6 Å². The molecule has 0 heterocycles. The van der Waals surface area contributed by atoms with E-state index < -0.39 is 6.10 Å². The highest BCUT2D eigenvalue weighted by molar-refractivity contribution is 5.74.